The Morgan fingerprint density at radius 1 is 1.00 bits per heavy atom. The first-order valence-corrected chi connectivity index (χ1v) is 10.6. The molecule has 1 saturated heterocycles. The molecule has 1 aliphatic rings. The van der Waals surface area contributed by atoms with Crippen molar-refractivity contribution >= 4 is 21.6 Å². The van der Waals surface area contributed by atoms with Crippen molar-refractivity contribution in [2.75, 3.05) is 38.0 Å². The van der Waals surface area contributed by atoms with E-state index in [1.54, 1.807) is 36.4 Å². The van der Waals surface area contributed by atoms with Crippen LogP contribution in [0.3, 0.4) is 0 Å². The van der Waals surface area contributed by atoms with Crippen LogP contribution in [0.25, 0.3) is 0 Å². The second-order valence-electron chi connectivity index (χ2n) is 6.62. The van der Waals surface area contributed by atoms with E-state index in [4.69, 9.17) is 5.26 Å². The Labute approximate surface area is 165 Å². The van der Waals surface area contributed by atoms with E-state index in [9.17, 15) is 13.2 Å². The van der Waals surface area contributed by atoms with Crippen molar-refractivity contribution in [3.05, 3.63) is 65.7 Å². The van der Waals surface area contributed by atoms with Crippen molar-refractivity contribution < 1.29 is 13.2 Å². The lowest BCUT2D eigenvalue weighted by Gasteiger charge is -2.33. The number of nitrogens with zero attached hydrogens (tertiary/aromatic N) is 3. The van der Waals surface area contributed by atoms with Crippen molar-refractivity contribution in [1.29, 1.82) is 5.26 Å². The summed E-state index contributed by atoms with van der Waals surface area (Å²) in [5, 5.41) is 11.8. The van der Waals surface area contributed by atoms with E-state index in [2.05, 4.69) is 5.32 Å². The lowest BCUT2D eigenvalue weighted by atomic mass is 10.2. The first-order valence-electron chi connectivity index (χ1n) is 9.01. The fourth-order valence-corrected chi connectivity index (χ4v) is 4.64. The van der Waals surface area contributed by atoms with Gasteiger partial charge in [0.05, 0.1) is 23.5 Å². The van der Waals surface area contributed by atoms with Gasteiger partial charge in [0.25, 0.3) is 0 Å². The summed E-state index contributed by atoms with van der Waals surface area (Å²) in [6.07, 6.45) is 0. The molecule has 1 fully saturated rings. The van der Waals surface area contributed by atoms with E-state index in [-0.39, 0.29) is 18.2 Å². The Hall–Kier alpha value is -2.73. The van der Waals surface area contributed by atoms with Crippen LogP contribution in [-0.2, 0) is 20.6 Å². The summed E-state index contributed by atoms with van der Waals surface area (Å²) in [5.41, 5.74) is 1.66. The molecule has 1 N–H and O–H groups in total. The quantitative estimate of drug-likeness (QED) is 0.799. The topological polar surface area (TPSA) is 93.5 Å². The van der Waals surface area contributed by atoms with Crippen molar-refractivity contribution in [3.8, 4) is 6.07 Å². The van der Waals surface area contributed by atoms with Gasteiger partial charge in [0.2, 0.25) is 15.9 Å². The van der Waals surface area contributed by atoms with Crippen LogP contribution in [0.15, 0.2) is 54.6 Å². The average Bonchev–Trinajstić information content (AvgIpc) is 2.69. The molecule has 2 aromatic rings. The van der Waals surface area contributed by atoms with Gasteiger partial charge in [-0.25, -0.2) is 8.42 Å². The van der Waals surface area contributed by atoms with Crippen LogP contribution in [0.5, 0.6) is 0 Å². The summed E-state index contributed by atoms with van der Waals surface area (Å²) >= 11 is 0. The molecule has 1 aliphatic heterocycles. The molecule has 0 aromatic heterocycles. The molecule has 0 saturated carbocycles. The molecular weight excluding hydrogens is 376 g/mol. The van der Waals surface area contributed by atoms with Crippen LogP contribution in [-0.4, -0.2) is 56.3 Å². The van der Waals surface area contributed by atoms with E-state index < -0.39 is 10.0 Å². The fourth-order valence-electron chi connectivity index (χ4n) is 3.12. The van der Waals surface area contributed by atoms with Gasteiger partial charge in [-0.15, -0.1) is 0 Å². The third kappa shape index (κ3) is 5.16. The van der Waals surface area contributed by atoms with E-state index in [1.807, 2.05) is 29.2 Å². The van der Waals surface area contributed by atoms with Gasteiger partial charge in [-0.2, -0.15) is 9.57 Å². The number of para-hydroxylation sites is 1. The number of rotatable bonds is 6. The highest BCUT2D eigenvalue weighted by Gasteiger charge is 2.27. The van der Waals surface area contributed by atoms with Crippen LogP contribution < -0.4 is 5.32 Å². The monoisotopic (exact) mass is 398 g/mol. The highest BCUT2D eigenvalue weighted by molar-refractivity contribution is 7.88. The van der Waals surface area contributed by atoms with Crippen molar-refractivity contribution in [2.45, 2.75) is 5.75 Å². The number of anilines is 1. The largest absolute Gasteiger partial charge is 0.324 e. The van der Waals surface area contributed by atoms with Crippen LogP contribution >= 0.6 is 0 Å². The van der Waals surface area contributed by atoms with E-state index in [0.717, 1.165) is 5.56 Å². The molecule has 8 heteroatoms. The van der Waals surface area contributed by atoms with Gasteiger partial charge in [0.15, 0.2) is 0 Å². The average molecular weight is 398 g/mol. The Morgan fingerprint density at radius 2 is 1.64 bits per heavy atom. The smallest absolute Gasteiger partial charge is 0.238 e. The third-order valence-corrected chi connectivity index (χ3v) is 6.46. The molecule has 0 unspecified atom stereocenters. The maximum atomic E-state index is 12.6. The molecule has 28 heavy (non-hydrogen) atoms. The summed E-state index contributed by atoms with van der Waals surface area (Å²) in [6.45, 7) is 1.85. The first-order chi connectivity index (χ1) is 13.5. The second kappa shape index (κ2) is 8.97. The number of hydrogen-bond acceptors (Lipinski definition) is 5. The highest BCUT2D eigenvalue weighted by Crippen LogP contribution is 2.15. The lowest BCUT2D eigenvalue weighted by molar-refractivity contribution is -0.117. The Balaban J connectivity index is 1.51. The summed E-state index contributed by atoms with van der Waals surface area (Å²) in [7, 11) is -3.38. The molecule has 0 aliphatic carbocycles. The predicted molar refractivity (Wildman–Crippen MR) is 107 cm³/mol. The summed E-state index contributed by atoms with van der Waals surface area (Å²) < 4.78 is 26.7. The van der Waals surface area contributed by atoms with Gasteiger partial charge < -0.3 is 5.32 Å². The number of carbonyl (C=O) groups excluding carboxylic acids is 1. The maximum Gasteiger partial charge on any atom is 0.238 e. The number of nitrogens with one attached hydrogen (secondary N) is 1. The van der Waals surface area contributed by atoms with Crippen molar-refractivity contribution in [2.24, 2.45) is 0 Å². The Kier molecular flexibility index (Phi) is 6.41. The fraction of sp³-hybridized carbons (Fsp3) is 0.300. The molecule has 0 spiro atoms. The molecule has 1 heterocycles. The minimum absolute atomic E-state index is 0.0146. The minimum atomic E-state index is -3.38. The number of sulfonamides is 1. The van der Waals surface area contributed by atoms with E-state index >= 15 is 0 Å². The number of benzene rings is 2. The molecule has 3 rings (SSSR count). The van der Waals surface area contributed by atoms with Crippen LogP contribution in [0.2, 0.25) is 0 Å². The van der Waals surface area contributed by atoms with E-state index in [0.29, 0.717) is 37.4 Å². The predicted octanol–water partition coefficient (Wildman–Crippen LogP) is 1.64. The SMILES string of the molecule is N#Cc1ccccc1NC(=O)CN1CCN(S(=O)(=O)Cc2ccccc2)CC1. The number of carbonyl (C=O) groups is 1. The van der Waals surface area contributed by atoms with Crippen molar-refractivity contribution in [3.63, 3.8) is 0 Å². The highest BCUT2D eigenvalue weighted by atomic mass is 32.2. The second-order valence-corrected chi connectivity index (χ2v) is 8.59. The maximum absolute atomic E-state index is 12.6. The summed E-state index contributed by atoms with van der Waals surface area (Å²) in [5.74, 6) is -0.234. The Morgan fingerprint density at radius 3 is 2.32 bits per heavy atom. The zero-order valence-corrected chi connectivity index (χ0v) is 16.2. The molecule has 0 radical (unpaired) electrons. The third-order valence-electron chi connectivity index (χ3n) is 4.61. The van der Waals surface area contributed by atoms with Crippen LogP contribution in [0.1, 0.15) is 11.1 Å². The molecule has 0 atom stereocenters. The van der Waals surface area contributed by atoms with Crippen LogP contribution in [0, 0.1) is 11.3 Å². The zero-order chi connectivity index (χ0) is 20.0. The molecule has 146 valence electrons. The zero-order valence-electron chi connectivity index (χ0n) is 15.4. The molecule has 0 bridgehead atoms. The molecule has 7 nitrogen and oxygen atoms in total. The first kappa shape index (κ1) is 20.0. The van der Waals surface area contributed by atoms with Gasteiger partial charge in [0.1, 0.15) is 6.07 Å². The number of piperazine rings is 1. The molecule has 1 amide bonds. The van der Waals surface area contributed by atoms with Crippen LogP contribution in [0.4, 0.5) is 5.69 Å². The number of nitriles is 1. The minimum Gasteiger partial charge on any atom is -0.324 e. The normalized spacial score (nSPS) is 15.7. The van der Waals surface area contributed by atoms with E-state index in [1.165, 1.54) is 4.31 Å². The van der Waals surface area contributed by atoms with Gasteiger partial charge >= 0.3 is 0 Å². The standard InChI is InChI=1S/C20H22N4O3S/c21-14-18-8-4-5-9-19(18)22-20(25)15-23-10-12-24(13-11-23)28(26,27)16-17-6-2-1-3-7-17/h1-9H,10-13,15-16H2,(H,22,25). The molecular formula is C20H22N4O3S. The summed E-state index contributed by atoms with van der Waals surface area (Å²) in [6, 6.07) is 18.0. The summed E-state index contributed by atoms with van der Waals surface area (Å²) in [4.78, 5) is 14.2. The van der Waals surface area contributed by atoms with Crippen molar-refractivity contribution in [1.82, 2.24) is 9.21 Å². The lowest BCUT2D eigenvalue weighted by Crippen LogP contribution is -2.50. The van der Waals surface area contributed by atoms with Gasteiger partial charge in [-0.1, -0.05) is 42.5 Å². The Bertz CT molecular complexity index is 962. The number of amides is 1. The van der Waals surface area contributed by atoms with Gasteiger partial charge in [-0.3, -0.25) is 9.69 Å². The molecule has 2 aromatic carbocycles. The number of hydrogen-bond donors (Lipinski definition) is 1. The van der Waals surface area contributed by atoms with Gasteiger partial charge in [0, 0.05) is 26.2 Å². The van der Waals surface area contributed by atoms with Gasteiger partial charge in [-0.05, 0) is 17.7 Å².